The molecule has 0 unspecified atom stereocenters. The zero-order valence-corrected chi connectivity index (χ0v) is 23.3. The van der Waals surface area contributed by atoms with E-state index >= 15 is 0 Å². The molecule has 4 aromatic carbocycles. The monoisotopic (exact) mass is 678 g/mol. The van der Waals surface area contributed by atoms with Crippen LogP contribution in [0.5, 0.6) is 0 Å². The van der Waals surface area contributed by atoms with Gasteiger partial charge in [0.1, 0.15) is 0 Å². The van der Waals surface area contributed by atoms with Gasteiger partial charge in [0.25, 0.3) is 0 Å². The van der Waals surface area contributed by atoms with E-state index in [-0.39, 0.29) is 11.6 Å². The van der Waals surface area contributed by atoms with Crippen molar-refractivity contribution in [1.82, 2.24) is 0 Å². The number of hydrogen-bond acceptors (Lipinski definition) is 2. The second kappa shape index (κ2) is 10.9. The Morgan fingerprint density at radius 1 is 0.485 bits per heavy atom. The number of benzene rings is 4. The van der Waals surface area contributed by atoms with Crippen molar-refractivity contribution in [3.63, 3.8) is 0 Å². The normalized spacial score (nSPS) is 11.7. The Kier molecular flexibility index (Phi) is 7.98. The van der Waals surface area contributed by atoms with Crippen molar-refractivity contribution >= 4 is 50.8 Å². The van der Waals surface area contributed by atoms with Gasteiger partial charge in [0, 0.05) is 0 Å². The number of Topliss-reactive ketones (excluding diaryl/α,β-unsaturated/α-hetero) is 2. The number of hydrogen-bond donors (Lipinski definition) is 0. The third kappa shape index (κ3) is 6.52. The van der Waals surface area contributed by atoms with E-state index in [1.807, 2.05) is 109 Å². The molecule has 0 N–H and O–H groups in total. The Morgan fingerprint density at radius 3 is 1.12 bits per heavy atom. The summed E-state index contributed by atoms with van der Waals surface area (Å²) in [7, 11) is 0. The molecule has 33 heavy (non-hydrogen) atoms. The summed E-state index contributed by atoms with van der Waals surface area (Å²) in [6, 6.07) is 35.5. The molecule has 0 aliphatic heterocycles. The Morgan fingerprint density at radius 2 is 0.788 bits per heavy atom. The van der Waals surface area contributed by atoms with E-state index in [1.54, 1.807) is 0 Å². The number of ketones is 2. The third-order valence-corrected chi connectivity index (χ3v) is 15.4. The van der Waals surface area contributed by atoms with Crippen molar-refractivity contribution in [3.05, 3.63) is 120 Å². The first kappa shape index (κ1) is 24.1. The van der Waals surface area contributed by atoms with E-state index in [1.165, 1.54) is 0 Å². The van der Waals surface area contributed by atoms with Gasteiger partial charge in [-0.2, -0.15) is 0 Å². The van der Waals surface area contributed by atoms with Gasteiger partial charge in [-0.05, 0) is 0 Å². The predicted octanol–water partition coefficient (Wildman–Crippen LogP) is 8.32. The molecule has 0 radical (unpaired) electrons. The molecule has 0 fully saturated rings. The molecule has 0 amide bonds. The fourth-order valence-corrected chi connectivity index (χ4v) is 12.6. The van der Waals surface area contributed by atoms with Crippen LogP contribution in [0.4, 0.5) is 0 Å². The summed E-state index contributed by atoms with van der Waals surface area (Å²) >= 11 is 4.47. The summed E-state index contributed by atoms with van der Waals surface area (Å²) in [5.74, 6) is 0.105. The van der Waals surface area contributed by atoms with E-state index in [2.05, 4.69) is 25.5 Å². The van der Waals surface area contributed by atoms with Gasteiger partial charge in [-0.25, -0.2) is 0 Å². The summed E-state index contributed by atoms with van der Waals surface area (Å²) in [5.41, 5.74) is 5.73. The maximum absolute atomic E-state index is 12.9. The van der Waals surface area contributed by atoms with Crippen LogP contribution in [0.1, 0.15) is 20.7 Å². The van der Waals surface area contributed by atoms with E-state index in [4.69, 9.17) is 0 Å². The van der Waals surface area contributed by atoms with Gasteiger partial charge in [0.2, 0.25) is 0 Å². The fourth-order valence-electron chi connectivity index (χ4n) is 3.56. The van der Waals surface area contributed by atoms with Crippen molar-refractivity contribution in [3.8, 4) is 22.3 Å². The molecule has 4 rings (SSSR count). The molecule has 5 heteroatoms. The minimum absolute atomic E-state index is 0.0526. The van der Waals surface area contributed by atoms with Crippen LogP contribution in [0.15, 0.2) is 109 Å². The van der Waals surface area contributed by atoms with Crippen LogP contribution in [0.2, 0.25) is 8.94 Å². The molecule has 0 aliphatic rings. The SMILES string of the molecule is O=C(C[Te](Br)(Br)CC(=O)c1ccc(-c2ccccc2)cc1)c1ccc(-c2ccccc2)cc1. The molecule has 0 saturated heterocycles. The topological polar surface area (TPSA) is 34.1 Å². The predicted molar refractivity (Wildman–Crippen MR) is 146 cm³/mol. The van der Waals surface area contributed by atoms with E-state index in [9.17, 15) is 9.59 Å². The Bertz CT molecular complexity index is 1140. The molecule has 0 aromatic heterocycles. The molecule has 0 heterocycles. The molecular formula is C28H22Br2O2Te. The molecule has 4 aromatic rings. The standard InChI is InChI=1S/C28H22Br2O2Te/c29-33(30,19-27(31)25-15-11-23(12-16-25)21-7-3-1-4-8-21)20-28(32)26-17-13-24(14-18-26)22-9-5-2-6-10-22/h1-18H,19-20H2. The van der Waals surface area contributed by atoms with Gasteiger partial charge in [-0.1, -0.05) is 0 Å². The average molecular weight is 678 g/mol. The molecule has 0 saturated carbocycles. The second-order valence-electron chi connectivity index (χ2n) is 7.72. The third-order valence-electron chi connectivity index (χ3n) is 5.31. The van der Waals surface area contributed by atoms with E-state index < -0.39 is 13.8 Å². The van der Waals surface area contributed by atoms with Crippen LogP contribution in [0, 0.1) is 0 Å². The number of carbonyl (C=O) groups is 2. The summed E-state index contributed by atoms with van der Waals surface area (Å²) in [5, 5.41) is 0. The van der Waals surface area contributed by atoms with Crippen LogP contribution < -0.4 is 0 Å². The second-order valence-corrected chi connectivity index (χ2v) is 35.8. The molecular weight excluding hydrogens is 656 g/mol. The summed E-state index contributed by atoms with van der Waals surface area (Å²) in [6.45, 7) is 0. The van der Waals surface area contributed by atoms with Crippen molar-refractivity contribution in [1.29, 1.82) is 0 Å². The molecule has 0 bridgehead atoms. The Hall–Kier alpha value is -2.03. The van der Waals surface area contributed by atoms with Crippen LogP contribution >= 0.6 is 25.5 Å². The molecule has 166 valence electrons. The van der Waals surface area contributed by atoms with Gasteiger partial charge in [0.05, 0.1) is 0 Å². The minimum atomic E-state index is -3.02. The van der Waals surface area contributed by atoms with Crippen LogP contribution in [-0.2, 0) is 0 Å². The van der Waals surface area contributed by atoms with Crippen LogP contribution in [0.25, 0.3) is 22.3 Å². The van der Waals surface area contributed by atoms with Crippen molar-refractivity contribution in [2.75, 3.05) is 0 Å². The number of rotatable bonds is 8. The van der Waals surface area contributed by atoms with E-state index in [0.717, 1.165) is 22.3 Å². The summed E-state index contributed by atoms with van der Waals surface area (Å²) in [4.78, 5) is 25.8. The number of carbonyl (C=O) groups excluding carboxylic acids is 2. The maximum atomic E-state index is 12.9. The fraction of sp³-hybridized carbons (Fsp3) is 0.0714. The first-order chi connectivity index (χ1) is 15.9. The molecule has 0 atom stereocenters. The Labute approximate surface area is 210 Å². The van der Waals surface area contributed by atoms with Gasteiger partial charge in [-0.3, -0.25) is 0 Å². The van der Waals surface area contributed by atoms with Crippen molar-refractivity contribution in [2.45, 2.75) is 8.94 Å². The van der Waals surface area contributed by atoms with E-state index in [0.29, 0.717) is 20.1 Å². The van der Waals surface area contributed by atoms with Crippen molar-refractivity contribution < 1.29 is 9.59 Å². The molecule has 0 spiro atoms. The van der Waals surface area contributed by atoms with Crippen LogP contribution in [-0.4, -0.2) is 25.3 Å². The molecule has 0 aliphatic carbocycles. The average Bonchev–Trinajstić information content (AvgIpc) is 2.85. The summed E-state index contributed by atoms with van der Waals surface area (Å²) in [6.07, 6.45) is 0. The van der Waals surface area contributed by atoms with Gasteiger partial charge in [0.15, 0.2) is 0 Å². The molecule has 2 nitrogen and oxygen atoms in total. The quantitative estimate of drug-likeness (QED) is 0.139. The van der Waals surface area contributed by atoms with Gasteiger partial charge in [-0.15, -0.1) is 0 Å². The zero-order chi connectivity index (χ0) is 23.3. The first-order valence-electron chi connectivity index (χ1n) is 10.5. The first-order valence-corrected chi connectivity index (χ1v) is 24.2. The zero-order valence-electron chi connectivity index (χ0n) is 17.8. The van der Waals surface area contributed by atoms with Crippen molar-refractivity contribution in [2.24, 2.45) is 0 Å². The number of halogens is 2. The van der Waals surface area contributed by atoms with Gasteiger partial charge >= 0.3 is 212 Å². The van der Waals surface area contributed by atoms with Crippen LogP contribution in [0.3, 0.4) is 0 Å². The Balaban J connectivity index is 1.39. The van der Waals surface area contributed by atoms with Gasteiger partial charge < -0.3 is 0 Å². The summed E-state index contributed by atoms with van der Waals surface area (Å²) < 4.78 is 0.697.